The molecule has 0 aromatic heterocycles. The van der Waals surface area contributed by atoms with Crippen LogP contribution in [0.1, 0.15) is 30.5 Å². The third kappa shape index (κ3) is 3.27. The molecule has 0 aliphatic rings. The molecule has 0 amide bonds. The Morgan fingerprint density at radius 1 is 1.17 bits per heavy atom. The minimum Gasteiger partial charge on any atom is -0.122 e. The summed E-state index contributed by atoms with van der Waals surface area (Å²) in [7, 11) is 0. The van der Waals surface area contributed by atoms with E-state index in [-0.39, 0.29) is 0 Å². The normalized spacial score (nSPS) is 8.75. The van der Waals surface area contributed by atoms with Gasteiger partial charge in [-0.05, 0) is 25.0 Å². The minimum atomic E-state index is 0.619. The third-order valence-corrected chi connectivity index (χ3v) is 1.94. The Morgan fingerprint density at radius 2 is 1.75 bits per heavy atom. The van der Waals surface area contributed by atoms with E-state index >= 15 is 0 Å². The molecule has 1 aromatic carbocycles. The molecule has 0 nitrogen and oxygen atoms in total. The number of alkyl halides is 1. The number of rotatable bonds is 1. The molecule has 0 spiro atoms. The first kappa shape index (κ1) is 11.5. The molecule has 0 fully saturated rings. The van der Waals surface area contributed by atoms with Crippen LogP contribution in [-0.2, 0) is 5.88 Å². The molecule has 0 aliphatic carbocycles. The Balaban J connectivity index is 0.000000561. The van der Waals surface area contributed by atoms with Gasteiger partial charge >= 0.3 is 0 Å². The van der Waals surface area contributed by atoms with Crippen molar-refractivity contribution in [1.82, 2.24) is 0 Å². The van der Waals surface area contributed by atoms with Gasteiger partial charge in [-0.25, -0.2) is 0 Å². The van der Waals surface area contributed by atoms with Gasteiger partial charge in [-0.3, -0.25) is 0 Å². The van der Waals surface area contributed by atoms with Crippen molar-refractivity contribution in [2.24, 2.45) is 0 Å². The zero-order chi connectivity index (χ0) is 9.56. The predicted octanol–water partition coefficient (Wildman–Crippen LogP) is 4.07. The summed E-state index contributed by atoms with van der Waals surface area (Å²) >= 11 is 5.70. The van der Waals surface area contributed by atoms with Gasteiger partial charge in [0, 0.05) is 5.88 Å². The van der Waals surface area contributed by atoms with Crippen LogP contribution in [0.2, 0.25) is 0 Å². The van der Waals surface area contributed by atoms with Crippen LogP contribution in [0.25, 0.3) is 0 Å². The average molecular weight is 185 g/mol. The third-order valence-electron chi connectivity index (χ3n) is 1.65. The molecule has 1 rings (SSSR count). The van der Waals surface area contributed by atoms with Gasteiger partial charge in [0.25, 0.3) is 0 Å². The van der Waals surface area contributed by atoms with E-state index in [1.54, 1.807) is 0 Å². The molecule has 0 unspecified atom stereocenters. The van der Waals surface area contributed by atoms with Crippen LogP contribution >= 0.6 is 11.6 Å². The van der Waals surface area contributed by atoms with Crippen molar-refractivity contribution in [3.63, 3.8) is 0 Å². The van der Waals surface area contributed by atoms with Crippen molar-refractivity contribution >= 4 is 11.6 Å². The van der Waals surface area contributed by atoms with E-state index in [9.17, 15) is 0 Å². The van der Waals surface area contributed by atoms with Crippen LogP contribution < -0.4 is 0 Å². The van der Waals surface area contributed by atoms with Gasteiger partial charge in [0.1, 0.15) is 0 Å². The smallest absolute Gasteiger partial charge is 0.0476 e. The lowest BCUT2D eigenvalue weighted by atomic mass is 10.1. The molecule has 0 saturated heterocycles. The molecule has 0 bridgehead atoms. The number of hydrogen-bond acceptors (Lipinski definition) is 0. The molecular formula is C11H17Cl. The van der Waals surface area contributed by atoms with E-state index < -0.39 is 0 Å². The van der Waals surface area contributed by atoms with Crippen LogP contribution in [0.5, 0.6) is 0 Å². The van der Waals surface area contributed by atoms with Crippen molar-refractivity contribution in [3.8, 4) is 0 Å². The number of benzene rings is 1. The van der Waals surface area contributed by atoms with Crippen molar-refractivity contribution in [3.05, 3.63) is 34.9 Å². The van der Waals surface area contributed by atoms with E-state index in [0.29, 0.717) is 5.88 Å². The molecule has 0 atom stereocenters. The molecule has 0 heterocycles. The predicted molar refractivity (Wildman–Crippen MR) is 56.8 cm³/mol. The molecule has 12 heavy (non-hydrogen) atoms. The Kier molecular flexibility index (Phi) is 5.83. The lowest BCUT2D eigenvalue weighted by Gasteiger charge is -2.01. The highest BCUT2D eigenvalue weighted by Gasteiger charge is 1.94. The number of hydrogen-bond donors (Lipinski definition) is 0. The van der Waals surface area contributed by atoms with E-state index in [0.717, 1.165) is 0 Å². The maximum Gasteiger partial charge on any atom is 0.0476 e. The first-order valence-corrected chi connectivity index (χ1v) is 4.89. The summed E-state index contributed by atoms with van der Waals surface area (Å²) in [6.45, 7) is 8.16. The number of halogens is 1. The fourth-order valence-corrected chi connectivity index (χ4v) is 1.23. The summed E-state index contributed by atoms with van der Waals surface area (Å²) in [4.78, 5) is 0. The highest BCUT2D eigenvalue weighted by molar-refractivity contribution is 6.17. The van der Waals surface area contributed by atoms with Crippen molar-refractivity contribution < 1.29 is 0 Å². The van der Waals surface area contributed by atoms with Crippen LogP contribution in [0.15, 0.2) is 18.2 Å². The van der Waals surface area contributed by atoms with Crippen molar-refractivity contribution in [2.45, 2.75) is 33.6 Å². The van der Waals surface area contributed by atoms with Gasteiger partial charge in [0.15, 0.2) is 0 Å². The largest absolute Gasteiger partial charge is 0.122 e. The van der Waals surface area contributed by atoms with Gasteiger partial charge in [0.05, 0.1) is 0 Å². The summed E-state index contributed by atoms with van der Waals surface area (Å²) in [5.74, 6) is 0.619. The van der Waals surface area contributed by atoms with Gasteiger partial charge in [0.2, 0.25) is 0 Å². The molecule has 0 aliphatic heterocycles. The van der Waals surface area contributed by atoms with E-state index in [1.165, 1.54) is 16.7 Å². The Bertz CT molecular complexity index is 228. The van der Waals surface area contributed by atoms with Gasteiger partial charge in [-0.15, -0.1) is 11.6 Å². The van der Waals surface area contributed by atoms with E-state index in [1.807, 2.05) is 13.8 Å². The highest BCUT2D eigenvalue weighted by atomic mass is 35.5. The van der Waals surface area contributed by atoms with Crippen LogP contribution in [-0.4, -0.2) is 0 Å². The highest BCUT2D eigenvalue weighted by Crippen LogP contribution is 2.12. The van der Waals surface area contributed by atoms with Gasteiger partial charge in [-0.1, -0.05) is 37.6 Å². The molecule has 1 aromatic rings. The molecule has 0 N–H and O–H groups in total. The van der Waals surface area contributed by atoms with Crippen molar-refractivity contribution in [1.29, 1.82) is 0 Å². The quantitative estimate of drug-likeness (QED) is 0.578. The Labute approximate surface area is 80.6 Å². The molecule has 1 heteroatoms. The van der Waals surface area contributed by atoms with Crippen LogP contribution in [0.4, 0.5) is 0 Å². The first-order valence-electron chi connectivity index (χ1n) is 4.36. The second-order valence-electron chi connectivity index (χ2n) is 2.56. The fraction of sp³-hybridized carbons (Fsp3) is 0.455. The second kappa shape index (κ2) is 6.07. The SMILES string of the molecule is CC.Cc1ccc(C)c(CCl)c1. The summed E-state index contributed by atoms with van der Waals surface area (Å²) < 4.78 is 0. The summed E-state index contributed by atoms with van der Waals surface area (Å²) in [6.07, 6.45) is 0. The topological polar surface area (TPSA) is 0 Å². The maximum absolute atomic E-state index is 5.70. The molecule has 0 radical (unpaired) electrons. The average Bonchev–Trinajstić information content (AvgIpc) is 2.13. The van der Waals surface area contributed by atoms with E-state index in [4.69, 9.17) is 11.6 Å². The van der Waals surface area contributed by atoms with Gasteiger partial charge in [-0.2, -0.15) is 0 Å². The zero-order valence-electron chi connectivity index (χ0n) is 8.32. The standard InChI is InChI=1S/C9H11Cl.C2H6/c1-7-3-4-8(2)9(5-7)6-10;1-2/h3-5H,6H2,1-2H3;1-2H3. The minimum absolute atomic E-state index is 0.619. The van der Waals surface area contributed by atoms with E-state index in [2.05, 4.69) is 32.0 Å². The van der Waals surface area contributed by atoms with Crippen LogP contribution in [0, 0.1) is 13.8 Å². The summed E-state index contributed by atoms with van der Waals surface area (Å²) in [6, 6.07) is 6.33. The summed E-state index contributed by atoms with van der Waals surface area (Å²) in [5, 5.41) is 0. The van der Waals surface area contributed by atoms with Gasteiger partial charge < -0.3 is 0 Å². The van der Waals surface area contributed by atoms with Crippen molar-refractivity contribution in [2.75, 3.05) is 0 Å². The maximum atomic E-state index is 5.70. The fourth-order valence-electron chi connectivity index (χ4n) is 0.944. The Morgan fingerprint density at radius 3 is 2.17 bits per heavy atom. The Hall–Kier alpha value is -0.490. The number of aryl methyl sites for hydroxylation is 2. The molecule has 0 saturated carbocycles. The zero-order valence-corrected chi connectivity index (χ0v) is 9.07. The molecular weight excluding hydrogens is 168 g/mol. The monoisotopic (exact) mass is 184 g/mol. The second-order valence-corrected chi connectivity index (χ2v) is 2.83. The molecule has 68 valence electrons. The van der Waals surface area contributed by atoms with Crippen LogP contribution in [0.3, 0.4) is 0 Å². The lowest BCUT2D eigenvalue weighted by Crippen LogP contribution is -1.84. The lowest BCUT2D eigenvalue weighted by molar-refractivity contribution is 1.27. The summed E-state index contributed by atoms with van der Waals surface area (Å²) in [5.41, 5.74) is 3.79. The first-order chi connectivity index (χ1) is 5.74.